The molecule has 1 rings (SSSR count). The van der Waals surface area contributed by atoms with Crippen LogP contribution in [-0.2, 0) is 9.53 Å². The van der Waals surface area contributed by atoms with Crippen LogP contribution in [0, 0.1) is 0 Å². The lowest BCUT2D eigenvalue weighted by Gasteiger charge is -2.14. The fourth-order valence-electron chi connectivity index (χ4n) is 2.07. The second-order valence-electron chi connectivity index (χ2n) is 5.41. The van der Waals surface area contributed by atoms with Gasteiger partial charge in [0.05, 0.1) is 12.6 Å². The van der Waals surface area contributed by atoms with Crippen molar-refractivity contribution in [3.63, 3.8) is 0 Å². The Balaban J connectivity index is 0.00000441. The van der Waals surface area contributed by atoms with E-state index in [0.29, 0.717) is 19.5 Å². The maximum absolute atomic E-state index is 11.7. The smallest absolute Gasteiger partial charge is 0.221 e. The topological polar surface area (TPSA) is 74.8 Å². The molecule has 1 fully saturated rings. The van der Waals surface area contributed by atoms with Gasteiger partial charge in [0.25, 0.3) is 0 Å². The number of hydrogen-bond acceptors (Lipinski definition) is 3. The summed E-state index contributed by atoms with van der Waals surface area (Å²) in [6.45, 7) is 9.01. The molecule has 1 aliphatic heterocycles. The van der Waals surface area contributed by atoms with Crippen LogP contribution in [-0.4, -0.2) is 50.3 Å². The van der Waals surface area contributed by atoms with Crippen LogP contribution in [0.3, 0.4) is 0 Å². The van der Waals surface area contributed by atoms with E-state index in [0.717, 1.165) is 38.4 Å². The normalized spacial score (nSPS) is 19.2. The van der Waals surface area contributed by atoms with Gasteiger partial charge in [-0.2, -0.15) is 0 Å². The zero-order valence-corrected chi connectivity index (χ0v) is 16.3. The van der Waals surface area contributed by atoms with Gasteiger partial charge >= 0.3 is 0 Å². The minimum atomic E-state index is 0. The van der Waals surface area contributed by atoms with E-state index in [4.69, 9.17) is 4.74 Å². The van der Waals surface area contributed by atoms with Gasteiger partial charge in [-0.15, -0.1) is 24.0 Å². The van der Waals surface area contributed by atoms with Crippen LogP contribution in [0.2, 0.25) is 0 Å². The third-order valence-electron chi connectivity index (χ3n) is 3.49. The molecule has 0 spiro atoms. The van der Waals surface area contributed by atoms with Crippen LogP contribution in [0.1, 0.15) is 46.5 Å². The maximum Gasteiger partial charge on any atom is 0.221 e. The largest absolute Gasteiger partial charge is 0.376 e. The van der Waals surface area contributed by atoms with Gasteiger partial charge in [0, 0.05) is 32.2 Å². The quantitative estimate of drug-likeness (QED) is 0.314. The summed E-state index contributed by atoms with van der Waals surface area (Å²) in [6.07, 6.45) is 3.86. The molecule has 0 aliphatic carbocycles. The predicted octanol–water partition coefficient (Wildman–Crippen LogP) is 1.64. The Morgan fingerprint density at radius 1 is 1.36 bits per heavy atom. The van der Waals surface area contributed by atoms with Crippen molar-refractivity contribution < 1.29 is 9.53 Å². The molecule has 22 heavy (non-hydrogen) atoms. The maximum atomic E-state index is 11.7. The molecular weight excluding hydrogens is 395 g/mol. The molecule has 7 heteroatoms. The van der Waals surface area contributed by atoms with Crippen LogP contribution in [0.25, 0.3) is 0 Å². The summed E-state index contributed by atoms with van der Waals surface area (Å²) in [5.41, 5.74) is 0. The van der Waals surface area contributed by atoms with Gasteiger partial charge in [0.2, 0.25) is 5.91 Å². The summed E-state index contributed by atoms with van der Waals surface area (Å²) < 4.78 is 5.55. The molecule has 1 heterocycles. The van der Waals surface area contributed by atoms with E-state index < -0.39 is 0 Å². The lowest BCUT2D eigenvalue weighted by molar-refractivity contribution is -0.121. The molecule has 0 aromatic carbocycles. The molecule has 2 unspecified atom stereocenters. The number of carbonyl (C=O) groups excluding carboxylic acids is 1. The molecular formula is C15H31IN4O2. The number of guanidine groups is 1. The van der Waals surface area contributed by atoms with Gasteiger partial charge in [0.1, 0.15) is 0 Å². The first-order valence-electron chi connectivity index (χ1n) is 8.08. The van der Waals surface area contributed by atoms with E-state index in [1.54, 1.807) is 0 Å². The third kappa shape index (κ3) is 9.45. The number of rotatable bonds is 8. The monoisotopic (exact) mass is 426 g/mol. The standard InChI is InChI=1S/C15H30N4O2.HI/c1-4-12(3)19-14(20)8-9-17-15(16-5-2)18-11-13-7-6-10-21-13;/h12-13H,4-11H2,1-3H3,(H,19,20)(H2,16,17,18);1H. The molecule has 0 radical (unpaired) electrons. The number of aliphatic imine (C=N–C) groups is 1. The Bertz CT molecular complexity index is 334. The van der Waals surface area contributed by atoms with Crippen LogP contribution < -0.4 is 16.0 Å². The van der Waals surface area contributed by atoms with Crippen molar-refractivity contribution in [1.29, 1.82) is 0 Å². The molecule has 0 aromatic heterocycles. The summed E-state index contributed by atoms with van der Waals surface area (Å²) in [5.74, 6) is 0.830. The Kier molecular flexibility index (Phi) is 12.6. The Morgan fingerprint density at radius 2 is 2.14 bits per heavy atom. The zero-order chi connectivity index (χ0) is 15.5. The lowest BCUT2D eigenvalue weighted by Crippen LogP contribution is -2.40. The molecule has 2 atom stereocenters. The van der Waals surface area contributed by atoms with E-state index in [9.17, 15) is 4.79 Å². The number of amides is 1. The molecule has 1 aliphatic rings. The SMILES string of the molecule is CCNC(=NCC1CCCO1)NCCC(=O)NC(C)CC.I. The van der Waals surface area contributed by atoms with E-state index in [-0.39, 0.29) is 42.0 Å². The number of ether oxygens (including phenoxy) is 1. The Morgan fingerprint density at radius 3 is 2.73 bits per heavy atom. The molecule has 3 N–H and O–H groups in total. The summed E-state index contributed by atoms with van der Waals surface area (Å²) in [4.78, 5) is 16.2. The number of halogens is 1. The number of carbonyl (C=O) groups is 1. The molecule has 1 amide bonds. The Labute approximate surface area is 151 Å². The molecule has 1 saturated heterocycles. The van der Waals surface area contributed by atoms with Gasteiger partial charge in [-0.3, -0.25) is 9.79 Å². The van der Waals surface area contributed by atoms with Crippen molar-refractivity contribution in [3.8, 4) is 0 Å². The van der Waals surface area contributed by atoms with Crippen molar-refractivity contribution in [2.45, 2.75) is 58.6 Å². The number of nitrogens with zero attached hydrogens (tertiary/aromatic N) is 1. The molecule has 6 nitrogen and oxygen atoms in total. The average Bonchev–Trinajstić information content (AvgIpc) is 2.97. The van der Waals surface area contributed by atoms with Gasteiger partial charge in [-0.25, -0.2) is 0 Å². The summed E-state index contributed by atoms with van der Waals surface area (Å²) in [6, 6.07) is 0.235. The highest BCUT2D eigenvalue weighted by molar-refractivity contribution is 14.0. The zero-order valence-electron chi connectivity index (χ0n) is 14.0. The van der Waals surface area contributed by atoms with Crippen molar-refractivity contribution in [2.24, 2.45) is 4.99 Å². The summed E-state index contributed by atoms with van der Waals surface area (Å²) in [7, 11) is 0. The second kappa shape index (κ2) is 12.9. The highest BCUT2D eigenvalue weighted by Gasteiger charge is 2.14. The third-order valence-corrected chi connectivity index (χ3v) is 3.49. The van der Waals surface area contributed by atoms with Crippen LogP contribution in [0.15, 0.2) is 4.99 Å². The van der Waals surface area contributed by atoms with Crippen molar-refractivity contribution in [2.75, 3.05) is 26.2 Å². The minimum absolute atomic E-state index is 0. The summed E-state index contributed by atoms with van der Waals surface area (Å²) >= 11 is 0. The molecule has 130 valence electrons. The van der Waals surface area contributed by atoms with Crippen molar-refractivity contribution in [1.82, 2.24) is 16.0 Å². The number of hydrogen-bond donors (Lipinski definition) is 3. The van der Waals surface area contributed by atoms with Crippen LogP contribution >= 0.6 is 24.0 Å². The first-order valence-corrected chi connectivity index (χ1v) is 8.08. The number of nitrogens with one attached hydrogen (secondary N) is 3. The van der Waals surface area contributed by atoms with Gasteiger partial charge in [-0.1, -0.05) is 6.92 Å². The summed E-state index contributed by atoms with van der Waals surface area (Å²) in [5, 5.41) is 9.33. The Hall–Kier alpha value is -0.570. The van der Waals surface area contributed by atoms with Crippen LogP contribution in [0.5, 0.6) is 0 Å². The molecule has 0 bridgehead atoms. The van der Waals surface area contributed by atoms with Crippen molar-refractivity contribution >= 4 is 35.8 Å². The van der Waals surface area contributed by atoms with Gasteiger partial charge < -0.3 is 20.7 Å². The fourth-order valence-corrected chi connectivity index (χ4v) is 2.07. The first kappa shape index (κ1) is 21.4. The fraction of sp³-hybridized carbons (Fsp3) is 0.867. The van der Waals surface area contributed by atoms with Gasteiger partial charge in [0.15, 0.2) is 5.96 Å². The highest BCUT2D eigenvalue weighted by atomic mass is 127. The highest BCUT2D eigenvalue weighted by Crippen LogP contribution is 2.11. The van der Waals surface area contributed by atoms with E-state index in [1.807, 2.05) is 13.8 Å². The van der Waals surface area contributed by atoms with Crippen LogP contribution in [0.4, 0.5) is 0 Å². The predicted molar refractivity (Wildman–Crippen MR) is 101 cm³/mol. The lowest BCUT2D eigenvalue weighted by atomic mass is 10.2. The molecule has 0 aromatic rings. The van der Waals surface area contributed by atoms with E-state index in [2.05, 4.69) is 27.9 Å². The van der Waals surface area contributed by atoms with E-state index >= 15 is 0 Å². The first-order chi connectivity index (χ1) is 10.2. The second-order valence-corrected chi connectivity index (χ2v) is 5.41. The van der Waals surface area contributed by atoms with Gasteiger partial charge in [-0.05, 0) is 33.1 Å². The average molecular weight is 426 g/mol. The van der Waals surface area contributed by atoms with Crippen molar-refractivity contribution in [3.05, 3.63) is 0 Å². The minimum Gasteiger partial charge on any atom is -0.376 e. The van der Waals surface area contributed by atoms with E-state index in [1.165, 1.54) is 0 Å². The molecule has 0 saturated carbocycles.